The zero-order chi connectivity index (χ0) is 18.3. The molecule has 2 aromatic carbocycles. The molecule has 0 fully saturated rings. The van der Waals surface area contributed by atoms with Gasteiger partial charge >= 0.3 is 0 Å². The number of benzene rings is 2. The maximum absolute atomic E-state index is 14.7. The Bertz CT molecular complexity index is 906. The Kier molecular flexibility index (Phi) is 4.36. The molecular formula is C20H17F3O3. The second kappa shape index (κ2) is 6.68. The summed E-state index contributed by atoms with van der Waals surface area (Å²) in [5.41, 5.74) is 1.81. The van der Waals surface area contributed by atoms with Crippen LogP contribution in [0.2, 0.25) is 0 Å². The molecule has 0 radical (unpaired) electrons. The van der Waals surface area contributed by atoms with E-state index in [-0.39, 0.29) is 42.4 Å². The van der Waals surface area contributed by atoms with Gasteiger partial charge in [0.15, 0.2) is 23.1 Å². The van der Waals surface area contributed by atoms with Crippen molar-refractivity contribution < 1.29 is 27.4 Å². The predicted molar refractivity (Wildman–Crippen MR) is 90.2 cm³/mol. The maximum Gasteiger partial charge on any atom is 0.207 e. The van der Waals surface area contributed by atoms with Gasteiger partial charge in [-0.25, -0.2) is 4.39 Å². The van der Waals surface area contributed by atoms with Gasteiger partial charge in [-0.3, -0.25) is 0 Å². The summed E-state index contributed by atoms with van der Waals surface area (Å²) in [5, 5.41) is 0. The number of fused-ring (bicyclic) bond motifs is 2. The van der Waals surface area contributed by atoms with E-state index in [9.17, 15) is 13.2 Å². The van der Waals surface area contributed by atoms with Crippen molar-refractivity contribution in [2.45, 2.75) is 19.8 Å². The van der Waals surface area contributed by atoms with Gasteiger partial charge in [0.25, 0.3) is 0 Å². The van der Waals surface area contributed by atoms with Crippen LogP contribution < -0.4 is 9.47 Å². The van der Waals surface area contributed by atoms with E-state index in [1.54, 1.807) is 19.1 Å². The van der Waals surface area contributed by atoms with Gasteiger partial charge < -0.3 is 14.2 Å². The van der Waals surface area contributed by atoms with E-state index >= 15 is 0 Å². The van der Waals surface area contributed by atoms with E-state index in [4.69, 9.17) is 14.2 Å². The summed E-state index contributed by atoms with van der Waals surface area (Å²) in [6.45, 7) is 2.82. The van der Waals surface area contributed by atoms with Crippen LogP contribution in [0, 0.1) is 17.5 Å². The number of hydrogen-bond donors (Lipinski definition) is 0. The van der Waals surface area contributed by atoms with Crippen molar-refractivity contribution in [3.8, 4) is 17.2 Å². The van der Waals surface area contributed by atoms with E-state index < -0.39 is 17.5 Å². The van der Waals surface area contributed by atoms with E-state index in [2.05, 4.69) is 0 Å². The third kappa shape index (κ3) is 2.74. The Morgan fingerprint density at radius 2 is 1.85 bits per heavy atom. The van der Waals surface area contributed by atoms with Crippen LogP contribution in [0.4, 0.5) is 13.2 Å². The first-order valence-electron chi connectivity index (χ1n) is 8.50. The van der Waals surface area contributed by atoms with Crippen LogP contribution in [0.25, 0.3) is 5.57 Å². The zero-order valence-electron chi connectivity index (χ0n) is 14.2. The Hall–Kier alpha value is -2.47. The largest absolute Gasteiger partial charge is 0.491 e. The molecule has 0 N–H and O–H groups in total. The Morgan fingerprint density at radius 3 is 2.58 bits per heavy atom. The highest BCUT2D eigenvalue weighted by Gasteiger charge is 2.29. The molecule has 2 aromatic rings. The smallest absolute Gasteiger partial charge is 0.207 e. The lowest BCUT2D eigenvalue weighted by Crippen LogP contribution is -2.12. The van der Waals surface area contributed by atoms with Gasteiger partial charge in [0, 0.05) is 23.1 Å². The molecule has 0 aromatic heterocycles. The lowest BCUT2D eigenvalue weighted by atomic mass is 9.94. The van der Waals surface area contributed by atoms with Crippen molar-refractivity contribution in [2.75, 3.05) is 19.8 Å². The first-order chi connectivity index (χ1) is 12.6. The van der Waals surface area contributed by atoms with E-state index in [0.717, 1.165) is 0 Å². The van der Waals surface area contributed by atoms with Crippen LogP contribution in [0.1, 0.15) is 30.0 Å². The summed E-state index contributed by atoms with van der Waals surface area (Å²) >= 11 is 0. The van der Waals surface area contributed by atoms with Crippen molar-refractivity contribution >= 4 is 5.57 Å². The van der Waals surface area contributed by atoms with Crippen molar-refractivity contribution in [3.05, 3.63) is 58.4 Å². The lowest BCUT2D eigenvalue weighted by molar-refractivity contribution is 0.164. The van der Waals surface area contributed by atoms with Crippen LogP contribution in [0.15, 0.2) is 24.3 Å². The topological polar surface area (TPSA) is 27.7 Å². The van der Waals surface area contributed by atoms with Crippen molar-refractivity contribution in [3.63, 3.8) is 0 Å². The molecule has 26 heavy (non-hydrogen) atoms. The predicted octanol–water partition coefficient (Wildman–Crippen LogP) is 5.00. The third-order valence-electron chi connectivity index (χ3n) is 4.52. The van der Waals surface area contributed by atoms with E-state index in [0.29, 0.717) is 29.7 Å². The average Bonchev–Trinajstić information content (AvgIpc) is 2.67. The minimum atomic E-state index is -1.11. The lowest BCUT2D eigenvalue weighted by Gasteiger charge is -2.24. The number of rotatable bonds is 3. The molecule has 0 unspecified atom stereocenters. The minimum Gasteiger partial charge on any atom is -0.491 e. The molecular weight excluding hydrogens is 345 g/mol. The molecule has 3 nitrogen and oxygen atoms in total. The van der Waals surface area contributed by atoms with Gasteiger partial charge in [-0.2, -0.15) is 8.78 Å². The minimum absolute atomic E-state index is 0.0247. The normalized spacial score (nSPS) is 15.6. The molecule has 2 aliphatic rings. The van der Waals surface area contributed by atoms with Crippen LogP contribution >= 0.6 is 0 Å². The van der Waals surface area contributed by atoms with Gasteiger partial charge in [0.05, 0.1) is 19.8 Å². The quantitative estimate of drug-likeness (QED) is 0.656. The summed E-state index contributed by atoms with van der Waals surface area (Å²) in [4.78, 5) is 0. The third-order valence-corrected chi connectivity index (χ3v) is 4.52. The van der Waals surface area contributed by atoms with E-state index in [1.807, 2.05) is 6.08 Å². The van der Waals surface area contributed by atoms with Crippen LogP contribution in [0.5, 0.6) is 17.2 Å². The van der Waals surface area contributed by atoms with Crippen LogP contribution in [-0.4, -0.2) is 19.8 Å². The summed E-state index contributed by atoms with van der Waals surface area (Å²) in [5.74, 6) is -3.20. The van der Waals surface area contributed by atoms with Crippen molar-refractivity contribution in [1.82, 2.24) is 0 Å². The first kappa shape index (κ1) is 17.0. The van der Waals surface area contributed by atoms with Gasteiger partial charge in [-0.15, -0.1) is 0 Å². The van der Waals surface area contributed by atoms with Crippen LogP contribution in [-0.2, 0) is 11.2 Å². The standard InChI is InChI=1S/C20H17F3O3/c1-2-25-15-6-5-11-8-13-9-14(12-4-3-7-24-10-12)16(21)18(23)20(13)26-19(11)17(15)22/h4-6,9H,2-3,7-8,10H2,1H3. The summed E-state index contributed by atoms with van der Waals surface area (Å²) in [6.07, 6.45) is 2.74. The van der Waals surface area contributed by atoms with Gasteiger partial charge in [-0.05, 0) is 31.1 Å². The highest BCUT2D eigenvalue weighted by atomic mass is 19.2. The number of halogens is 3. The average molecular weight is 362 g/mol. The van der Waals surface area contributed by atoms with Crippen molar-refractivity contribution in [1.29, 1.82) is 0 Å². The summed E-state index contributed by atoms with van der Waals surface area (Å²) in [7, 11) is 0. The summed E-state index contributed by atoms with van der Waals surface area (Å²) < 4.78 is 59.7. The molecule has 0 amide bonds. The zero-order valence-corrected chi connectivity index (χ0v) is 14.2. The Labute approximate surface area is 149 Å². The molecule has 0 saturated heterocycles. The molecule has 0 aliphatic carbocycles. The molecule has 0 bridgehead atoms. The van der Waals surface area contributed by atoms with E-state index in [1.165, 1.54) is 6.07 Å². The molecule has 4 rings (SSSR count). The molecule has 0 saturated carbocycles. The van der Waals surface area contributed by atoms with Gasteiger partial charge in [-0.1, -0.05) is 12.1 Å². The molecule has 0 spiro atoms. The molecule has 6 heteroatoms. The highest BCUT2D eigenvalue weighted by Crippen LogP contribution is 2.44. The number of hydrogen-bond acceptors (Lipinski definition) is 3. The maximum atomic E-state index is 14.7. The monoisotopic (exact) mass is 362 g/mol. The Balaban J connectivity index is 1.78. The summed E-state index contributed by atoms with van der Waals surface area (Å²) in [6, 6.07) is 4.76. The molecule has 0 atom stereocenters. The SMILES string of the molecule is CCOc1ccc2c(c1F)Oc1c(cc(C3=CCCOC3)c(F)c1F)C2. The van der Waals surface area contributed by atoms with Crippen LogP contribution in [0.3, 0.4) is 0 Å². The fraction of sp³-hybridized carbons (Fsp3) is 0.300. The van der Waals surface area contributed by atoms with Crippen molar-refractivity contribution in [2.24, 2.45) is 0 Å². The second-order valence-corrected chi connectivity index (χ2v) is 6.19. The first-order valence-corrected chi connectivity index (χ1v) is 8.50. The highest BCUT2D eigenvalue weighted by molar-refractivity contribution is 5.70. The second-order valence-electron chi connectivity index (χ2n) is 6.19. The molecule has 2 heterocycles. The van der Waals surface area contributed by atoms with Gasteiger partial charge in [0.2, 0.25) is 11.6 Å². The van der Waals surface area contributed by atoms with Gasteiger partial charge in [0.1, 0.15) is 0 Å². The Morgan fingerprint density at radius 1 is 1.04 bits per heavy atom. The fourth-order valence-electron chi connectivity index (χ4n) is 3.28. The molecule has 2 aliphatic heterocycles. The molecule has 136 valence electrons. The fourth-order valence-corrected chi connectivity index (χ4v) is 3.28. The number of ether oxygens (including phenoxy) is 3.